The predicted octanol–water partition coefficient (Wildman–Crippen LogP) is 4.66. The fourth-order valence-electron chi connectivity index (χ4n) is 2.82. The number of imide groups is 1. The molecule has 0 spiro atoms. The molecule has 146 valence electrons. The summed E-state index contributed by atoms with van der Waals surface area (Å²) in [5, 5.41) is 0.352. The lowest BCUT2D eigenvalue weighted by atomic mass is 9.87. The summed E-state index contributed by atoms with van der Waals surface area (Å²) in [6.07, 6.45) is -1.41. The first kappa shape index (κ1) is 21.2. The first-order valence-corrected chi connectivity index (χ1v) is 9.14. The van der Waals surface area contributed by atoms with E-state index in [1.54, 1.807) is 39.0 Å². The van der Waals surface area contributed by atoms with Crippen LogP contribution >= 0.6 is 23.2 Å². The van der Waals surface area contributed by atoms with Crippen molar-refractivity contribution in [1.29, 1.82) is 0 Å². The second kappa shape index (κ2) is 8.71. The van der Waals surface area contributed by atoms with E-state index in [1.807, 2.05) is 0 Å². The van der Waals surface area contributed by atoms with Crippen LogP contribution < -0.4 is 0 Å². The molecule has 0 fully saturated rings. The van der Waals surface area contributed by atoms with E-state index < -0.39 is 36.2 Å². The molecule has 0 aliphatic carbocycles. The molecule has 9 heteroatoms. The maximum atomic E-state index is 12.6. The third-order valence-electron chi connectivity index (χ3n) is 3.90. The summed E-state index contributed by atoms with van der Waals surface area (Å²) in [6.45, 7) is 6.60. The molecule has 0 saturated carbocycles. The minimum absolute atomic E-state index is 0.128. The van der Waals surface area contributed by atoms with Crippen LogP contribution in [0.5, 0.6) is 0 Å². The molecule has 0 saturated heterocycles. The number of ether oxygens (including phenoxy) is 2. The van der Waals surface area contributed by atoms with Gasteiger partial charge in [0.2, 0.25) is 0 Å². The van der Waals surface area contributed by atoms with Gasteiger partial charge in [-0.25, -0.2) is 19.5 Å². The largest absolute Gasteiger partial charge is 0.465 e. The Morgan fingerprint density at radius 1 is 1.30 bits per heavy atom. The van der Waals surface area contributed by atoms with Gasteiger partial charge in [0, 0.05) is 5.71 Å². The number of amides is 3. The Hall–Kier alpha value is -2.12. The average molecular weight is 415 g/mol. The van der Waals surface area contributed by atoms with Crippen LogP contribution in [0.4, 0.5) is 9.59 Å². The van der Waals surface area contributed by atoms with Crippen molar-refractivity contribution in [3.63, 3.8) is 0 Å². The van der Waals surface area contributed by atoms with Gasteiger partial charge in [0.05, 0.1) is 28.8 Å². The van der Waals surface area contributed by atoms with E-state index >= 15 is 0 Å². The highest BCUT2D eigenvalue weighted by atomic mass is 35.5. The molecular formula is C18H20Cl2N2O5. The van der Waals surface area contributed by atoms with Gasteiger partial charge >= 0.3 is 18.1 Å². The molecule has 1 heterocycles. The van der Waals surface area contributed by atoms with Crippen LogP contribution in [0.15, 0.2) is 23.2 Å². The second-order valence-corrected chi connectivity index (χ2v) is 6.94. The van der Waals surface area contributed by atoms with Gasteiger partial charge in [-0.05, 0) is 39.3 Å². The molecule has 27 heavy (non-hydrogen) atoms. The topological polar surface area (TPSA) is 85.3 Å². The number of rotatable bonds is 4. The standard InChI is InChI=1S/C18H20Cl2N2O5/c1-5-26-16(23)13-10(4)21-17(24)22(18(25)27-9(2)3)15(13)11-7-6-8-12(19)14(11)20/h6-9,13,15H,5H2,1-4H3. The van der Waals surface area contributed by atoms with Crippen molar-refractivity contribution >= 4 is 47.0 Å². The highest BCUT2D eigenvalue weighted by molar-refractivity contribution is 6.42. The van der Waals surface area contributed by atoms with Crippen molar-refractivity contribution in [1.82, 2.24) is 4.90 Å². The molecule has 1 aliphatic rings. The molecule has 3 amide bonds. The third-order valence-corrected chi connectivity index (χ3v) is 4.73. The van der Waals surface area contributed by atoms with E-state index in [2.05, 4.69) is 4.99 Å². The summed E-state index contributed by atoms with van der Waals surface area (Å²) in [6, 6.07) is 2.83. The van der Waals surface area contributed by atoms with Gasteiger partial charge in [-0.15, -0.1) is 0 Å². The normalized spacial score (nSPS) is 19.7. The fraction of sp³-hybridized carbons (Fsp3) is 0.444. The number of esters is 1. The first-order valence-electron chi connectivity index (χ1n) is 8.38. The van der Waals surface area contributed by atoms with Gasteiger partial charge in [-0.3, -0.25) is 4.79 Å². The molecule has 2 atom stereocenters. The number of halogens is 2. The van der Waals surface area contributed by atoms with E-state index in [-0.39, 0.29) is 22.4 Å². The summed E-state index contributed by atoms with van der Waals surface area (Å²) in [4.78, 5) is 42.4. The zero-order chi connectivity index (χ0) is 20.3. The van der Waals surface area contributed by atoms with Crippen molar-refractivity contribution in [3.8, 4) is 0 Å². The number of hydrogen-bond donors (Lipinski definition) is 0. The van der Waals surface area contributed by atoms with Crippen LogP contribution in [-0.2, 0) is 14.3 Å². The monoisotopic (exact) mass is 414 g/mol. The zero-order valence-corrected chi connectivity index (χ0v) is 16.9. The molecule has 0 radical (unpaired) electrons. The van der Waals surface area contributed by atoms with Crippen molar-refractivity contribution in [2.24, 2.45) is 10.9 Å². The SMILES string of the molecule is CCOC(=O)C1C(C)=NC(=O)N(C(=O)OC(C)C)C1c1cccc(Cl)c1Cl. The average Bonchev–Trinajstić information content (AvgIpc) is 2.56. The first-order chi connectivity index (χ1) is 12.7. The van der Waals surface area contributed by atoms with Gasteiger partial charge in [0.25, 0.3) is 0 Å². The highest BCUT2D eigenvalue weighted by Crippen LogP contribution is 2.40. The minimum atomic E-state index is -1.09. The summed E-state index contributed by atoms with van der Waals surface area (Å²) in [7, 11) is 0. The number of hydrogen-bond acceptors (Lipinski definition) is 5. The van der Waals surface area contributed by atoms with Crippen LogP contribution in [0, 0.1) is 5.92 Å². The number of aliphatic imine (C=N–C) groups is 1. The Morgan fingerprint density at radius 3 is 2.56 bits per heavy atom. The van der Waals surface area contributed by atoms with Crippen molar-refractivity contribution in [3.05, 3.63) is 33.8 Å². The summed E-state index contributed by atoms with van der Waals surface area (Å²) in [5.74, 6) is -1.66. The molecule has 1 aromatic carbocycles. The summed E-state index contributed by atoms with van der Waals surface area (Å²) in [5.41, 5.74) is 0.540. The van der Waals surface area contributed by atoms with E-state index in [4.69, 9.17) is 32.7 Å². The van der Waals surface area contributed by atoms with Crippen LogP contribution in [-0.4, -0.2) is 41.4 Å². The molecular weight excluding hydrogens is 395 g/mol. The Morgan fingerprint density at radius 2 is 1.96 bits per heavy atom. The Labute approximate surface area is 167 Å². The maximum absolute atomic E-state index is 12.6. The molecule has 1 aliphatic heterocycles. The van der Waals surface area contributed by atoms with E-state index in [0.717, 1.165) is 4.90 Å². The molecule has 0 N–H and O–H groups in total. The van der Waals surface area contributed by atoms with Crippen molar-refractivity contribution < 1.29 is 23.9 Å². The zero-order valence-electron chi connectivity index (χ0n) is 15.4. The summed E-state index contributed by atoms with van der Waals surface area (Å²) >= 11 is 12.4. The number of carbonyl (C=O) groups excluding carboxylic acids is 3. The predicted molar refractivity (Wildman–Crippen MR) is 101 cm³/mol. The second-order valence-electron chi connectivity index (χ2n) is 6.16. The molecule has 2 unspecified atom stereocenters. The van der Waals surface area contributed by atoms with Gasteiger partial charge in [0.1, 0.15) is 5.92 Å². The van der Waals surface area contributed by atoms with E-state index in [1.165, 1.54) is 6.92 Å². The maximum Gasteiger partial charge on any atom is 0.418 e. The fourth-order valence-corrected chi connectivity index (χ4v) is 3.24. The minimum Gasteiger partial charge on any atom is -0.465 e. The summed E-state index contributed by atoms with van der Waals surface area (Å²) < 4.78 is 10.3. The van der Waals surface area contributed by atoms with Gasteiger partial charge in [-0.1, -0.05) is 35.3 Å². The van der Waals surface area contributed by atoms with Gasteiger partial charge in [-0.2, -0.15) is 0 Å². The third kappa shape index (κ3) is 4.42. The lowest BCUT2D eigenvalue weighted by Crippen LogP contribution is -2.50. The lowest BCUT2D eigenvalue weighted by Gasteiger charge is -2.37. The number of benzene rings is 1. The van der Waals surface area contributed by atoms with Gasteiger partial charge < -0.3 is 9.47 Å². The van der Waals surface area contributed by atoms with Crippen LogP contribution in [0.25, 0.3) is 0 Å². The van der Waals surface area contributed by atoms with E-state index in [0.29, 0.717) is 5.56 Å². The Bertz CT molecular complexity index is 794. The van der Waals surface area contributed by atoms with Crippen molar-refractivity contribution in [2.75, 3.05) is 6.61 Å². The molecule has 0 aromatic heterocycles. The molecule has 1 aromatic rings. The number of carbonyl (C=O) groups is 3. The number of urea groups is 1. The Balaban J connectivity index is 2.66. The molecule has 2 rings (SSSR count). The van der Waals surface area contributed by atoms with Crippen LogP contribution in [0.2, 0.25) is 10.0 Å². The number of nitrogens with zero attached hydrogens (tertiary/aromatic N) is 2. The van der Waals surface area contributed by atoms with Gasteiger partial charge in [0.15, 0.2) is 0 Å². The smallest absolute Gasteiger partial charge is 0.418 e. The van der Waals surface area contributed by atoms with Crippen LogP contribution in [0.3, 0.4) is 0 Å². The molecule has 7 nitrogen and oxygen atoms in total. The highest BCUT2D eigenvalue weighted by Gasteiger charge is 2.47. The lowest BCUT2D eigenvalue weighted by molar-refractivity contribution is -0.147. The quantitative estimate of drug-likeness (QED) is 0.668. The molecule has 0 bridgehead atoms. The Kier molecular flexibility index (Phi) is 6.84. The van der Waals surface area contributed by atoms with Crippen LogP contribution in [0.1, 0.15) is 39.3 Å². The van der Waals surface area contributed by atoms with E-state index in [9.17, 15) is 14.4 Å². The van der Waals surface area contributed by atoms with Crippen molar-refractivity contribution in [2.45, 2.75) is 39.8 Å².